The molecule has 0 saturated carbocycles. The Morgan fingerprint density at radius 2 is 1.53 bits per heavy atom. The molecule has 0 atom stereocenters. The van der Waals surface area contributed by atoms with E-state index < -0.39 is 47.0 Å². The van der Waals surface area contributed by atoms with E-state index in [1.54, 1.807) is 30.3 Å². The van der Waals surface area contributed by atoms with Crippen molar-refractivity contribution in [1.82, 2.24) is 9.78 Å². The van der Waals surface area contributed by atoms with Gasteiger partial charge in [0.25, 0.3) is 5.56 Å². The molecular weight excluding hydrogens is 458 g/mol. The van der Waals surface area contributed by atoms with E-state index in [9.17, 15) is 35.8 Å². The number of hydrogen-bond donors (Lipinski definition) is 2. The first-order valence-electron chi connectivity index (χ1n) is 7.61. The molecule has 0 unspecified atom stereocenters. The van der Waals surface area contributed by atoms with Gasteiger partial charge < -0.3 is 14.2 Å². The van der Waals surface area contributed by atoms with Crippen LogP contribution < -0.4 is 64.7 Å². The summed E-state index contributed by atoms with van der Waals surface area (Å²) in [6.07, 6.45) is 0.260. The Morgan fingerprint density at radius 1 is 0.933 bits per heavy atom. The number of H-pyrrole nitrogens is 1. The number of nitrogens with one attached hydrogen (secondary N) is 1. The number of phenolic OH excluding ortho intramolecular Hbond substituents is 1. The summed E-state index contributed by atoms with van der Waals surface area (Å²) in [6, 6.07) is 10.8. The summed E-state index contributed by atoms with van der Waals surface area (Å²) in [4.78, 5) is 9.94. The van der Waals surface area contributed by atoms with Crippen LogP contribution in [0.25, 0.3) is 5.69 Å². The van der Waals surface area contributed by atoms with Crippen molar-refractivity contribution in [2.75, 3.05) is 0 Å². The fourth-order valence-electron chi connectivity index (χ4n) is 2.65. The average molecular weight is 470 g/mol. The van der Waals surface area contributed by atoms with Crippen LogP contribution in [0.4, 0.5) is 0 Å². The van der Waals surface area contributed by atoms with Gasteiger partial charge in [0.15, 0.2) is 0 Å². The van der Waals surface area contributed by atoms with Crippen LogP contribution in [-0.2, 0) is 26.7 Å². The predicted molar refractivity (Wildman–Crippen MR) is 93.2 cm³/mol. The third kappa shape index (κ3) is 6.07. The molecule has 0 fully saturated rings. The van der Waals surface area contributed by atoms with Gasteiger partial charge in [0, 0.05) is 18.2 Å². The molecule has 2 N–H and O–H groups in total. The first-order valence-corrected chi connectivity index (χ1v) is 10.4. The molecule has 14 heteroatoms. The normalized spacial score (nSPS) is 11.4. The Morgan fingerprint density at radius 3 is 2.07 bits per heavy atom. The number of aromatic amines is 1. The van der Waals surface area contributed by atoms with E-state index >= 15 is 0 Å². The van der Waals surface area contributed by atoms with E-state index in [1.165, 1.54) is 0 Å². The van der Waals surface area contributed by atoms with Gasteiger partial charge >= 0.3 is 59.1 Å². The zero-order chi connectivity index (χ0) is 20.7. The Balaban J connectivity index is 0.00000225. The zero-order valence-electron chi connectivity index (χ0n) is 15.9. The molecule has 1 aromatic heterocycles. The van der Waals surface area contributed by atoms with Crippen LogP contribution in [0.15, 0.2) is 63.1 Å². The first-order chi connectivity index (χ1) is 13.0. The molecule has 148 valence electrons. The van der Waals surface area contributed by atoms with Crippen LogP contribution in [0.2, 0.25) is 0 Å². The number of nitrogens with zero attached hydrogens (tertiary/aromatic N) is 1. The Bertz CT molecular complexity index is 1320. The molecule has 0 bridgehead atoms. The number of phenols is 1. The molecular formula is C16H12N2Na2O8S2. The van der Waals surface area contributed by atoms with E-state index in [4.69, 9.17) is 0 Å². The first kappa shape index (κ1) is 27.1. The minimum Gasteiger partial charge on any atom is -0.744 e. The van der Waals surface area contributed by atoms with Crippen LogP contribution in [0.3, 0.4) is 0 Å². The zero-order valence-corrected chi connectivity index (χ0v) is 21.5. The van der Waals surface area contributed by atoms with Crippen molar-refractivity contribution in [3.63, 3.8) is 0 Å². The number of benzene rings is 2. The summed E-state index contributed by atoms with van der Waals surface area (Å²) in [5, 5.41) is 12.7. The van der Waals surface area contributed by atoms with E-state index in [-0.39, 0.29) is 65.5 Å². The molecule has 0 radical (unpaired) electrons. The Labute approximate surface area is 216 Å². The van der Waals surface area contributed by atoms with E-state index in [0.29, 0.717) is 22.5 Å². The number of rotatable bonds is 5. The van der Waals surface area contributed by atoms with Gasteiger partial charge in [-0.3, -0.25) is 9.89 Å². The molecule has 2 aromatic carbocycles. The maximum Gasteiger partial charge on any atom is 1.00 e. The quantitative estimate of drug-likeness (QED) is 0.274. The number of aromatic nitrogens is 2. The molecule has 0 spiro atoms. The summed E-state index contributed by atoms with van der Waals surface area (Å²) in [6.45, 7) is 0. The number of hydrogen-bond acceptors (Lipinski definition) is 8. The predicted octanol–water partition coefficient (Wildman–Crippen LogP) is -5.72. The van der Waals surface area contributed by atoms with Gasteiger partial charge in [-0.2, -0.15) is 0 Å². The monoisotopic (exact) mass is 470 g/mol. The second-order valence-electron chi connectivity index (χ2n) is 5.81. The van der Waals surface area contributed by atoms with Gasteiger partial charge in [0.1, 0.15) is 31.7 Å². The van der Waals surface area contributed by atoms with Crippen molar-refractivity contribution in [3.8, 4) is 11.4 Å². The Kier molecular flexibility index (Phi) is 9.15. The fourth-order valence-corrected chi connectivity index (χ4v) is 3.94. The third-order valence-electron chi connectivity index (χ3n) is 3.82. The second-order valence-corrected chi connectivity index (χ2v) is 8.54. The fraction of sp³-hybridized carbons (Fsp3) is 0.0625. The van der Waals surface area contributed by atoms with Crippen molar-refractivity contribution in [1.29, 1.82) is 0 Å². The van der Waals surface area contributed by atoms with Crippen LogP contribution in [0, 0.1) is 0 Å². The topological polar surface area (TPSA) is 172 Å². The van der Waals surface area contributed by atoms with Gasteiger partial charge in [-0.05, 0) is 17.7 Å². The van der Waals surface area contributed by atoms with Crippen molar-refractivity contribution in [3.05, 3.63) is 70.1 Å². The smallest absolute Gasteiger partial charge is 0.744 e. The standard InChI is InChI=1S/C16H14N2O8S2.2Na/c19-13-8-12(27(21,22)23)9-14(28(24,25)26)16(13)18-15(20)7-11(17-18)6-10-4-2-1-3-5-10;;/h1-5,7-9,17,19H,6H2,(H,21,22,23)(H,24,25,26);;/q;2*+1/p-2. The van der Waals surface area contributed by atoms with Gasteiger partial charge in [0.05, 0.1) is 9.79 Å². The maximum absolute atomic E-state index is 12.3. The average Bonchev–Trinajstić information content (AvgIpc) is 2.93. The van der Waals surface area contributed by atoms with E-state index in [2.05, 4.69) is 5.10 Å². The van der Waals surface area contributed by atoms with Gasteiger partial charge in [0.2, 0.25) is 0 Å². The summed E-state index contributed by atoms with van der Waals surface area (Å²) >= 11 is 0. The molecule has 0 aliphatic heterocycles. The molecule has 3 aromatic rings. The SMILES string of the molecule is O=c1cc(Cc2ccccc2)[nH]n1-c1c(O)cc(S(=O)(=O)[O-])cc1S(=O)(=O)[O-].[Na+].[Na+]. The van der Waals surface area contributed by atoms with E-state index in [0.717, 1.165) is 11.6 Å². The second kappa shape index (κ2) is 10.1. The van der Waals surface area contributed by atoms with Crippen LogP contribution in [-0.4, -0.2) is 40.8 Å². The number of aromatic hydroxyl groups is 1. The molecule has 3 rings (SSSR count). The molecule has 0 aliphatic carbocycles. The molecule has 0 amide bonds. The molecule has 0 saturated heterocycles. The third-order valence-corrected chi connectivity index (χ3v) is 5.48. The van der Waals surface area contributed by atoms with Gasteiger partial charge in [-0.1, -0.05) is 30.3 Å². The van der Waals surface area contributed by atoms with Crippen LogP contribution >= 0.6 is 0 Å². The maximum atomic E-state index is 12.3. The minimum atomic E-state index is -5.35. The summed E-state index contributed by atoms with van der Waals surface area (Å²) in [7, 11) is -10.5. The minimum absolute atomic E-state index is 0. The van der Waals surface area contributed by atoms with Crippen molar-refractivity contribution in [2.45, 2.75) is 16.2 Å². The summed E-state index contributed by atoms with van der Waals surface area (Å²) in [5.74, 6) is -1.04. The van der Waals surface area contributed by atoms with Crippen LogP contribution in [0.5, 0.6) is 5.75 Å². The Hall–Kier alpha value is -0.930. The van der Waals surface area contributed by atoms with Gasteiger partial charge in [-0.25, -0.2) is 21.5 Å². The molecule has 0 aliphatic rings. The largest absolute Gasteiger partial charge is 1.00 e. The summed E-state index contributed by atoms with van der Waals surface area (Å²) in [5.41, 5.74) is -0.412. The molecule has 10 nitrogen and oxygen atoms in total. The molecule has 30 heavy (non-hydrogen) atoms. The van der Waals surface area contributed by atoms with E-state index in [1.807, 2.05) is 0 Å². The van der Waals surface area contributed by atoms with Gasteiger partial charge in [-0.15, -0.1) is 0 Å². The van der Waals surface area contributed by atoms with Crippen molar-refractivity contribution >= 4 is 20.2 Å². The molecule has 1 heterocycles. The van der Waals surface area contributed by atoms with Crippen molar-refractivity contribution in [2.24, 2.45) is 0 Å². The van der Waals surface area contributed by atoms with Crippen LogP contribution in [0.1, 0.15) is 11.3 Å². The summed E-state index contributed by atoms with van der Waals surface area (Å²) < 4.78 is 68.8. The van der Waals surface area contributed by atoms with Crippen molar-refractivity contribution < 1.29 is 90.2 Å².